The van der Waals surface area contributed by atoms with E-state index in [0.29, 0.717) is 12.2 Å². The van der Waals surface area contributed by atoms with Crippen molar-refractivity contribution in [2.45, 2.75) is 17.7 Å². The molecule has 2 atom stereocenters. The molecule has 1 amide bonds. The number of nitrogens with one attached hydrogen (secondary N) is 1. The summed E-state index contributed by atoms with van der Waals surface area (Å²) in [5, 5.41) is 11.1. The molecule has 6 heteroatoms. The molecule has 0 spiro atoms. The summed E-state index contributed by atoms with van der Waals surface area (Å²) < 4.78 is 4.94. The maximum atomic E-state index is 11.6. The summed E-state index contributed by atoms with van der Waals surface area (Å²) in [5.41, 5.74) is 0. The molecule has 1 saturated heterocycles. The lowest BCUT2D eigenvalue weighted by Gasteiger charge is -2.09. The number of hydrogen-bond donors (Lipinski definition) is 2. The van der Waals surface area contributed by atoms with Gasteiger partial charge in [-0.2, -0.15) is 0 Å². The summed E-state index contributed by atoms with van der Waals surface area (Å²) in [6, 6.07) is 3.12. The summed E-state index contributed by atoms with van der Waals surface area (Å²) >= 11 is 1.35. The van der Waals surface area contributed by atoms with Crippen LogP contribution in [0.5, 0.6) is 0 Å². The minimum atomic E-state index is -0.820. The van der Waals surface area contributed by atoms with Crippen LogP contribution in [-0.2, 0) is 4.79 Å². The fraction of sp³-hybridized carbons (Fsp3) is 0.400. The number of furan rings is 1. The molecule has 1 aliphatic rings. The van der Waals surface area contributed by atoms with Crippen LogP contribution in [0.1, 0.15) is 17.0 Å². The molecule has 0 unspecified atom stereocenters. The third-order valence-corrected chi connectivity index (χ3v) is 3.74. The normalized spacial score (nSPS) is 24.2. The molecular weight excluding hydrogens is 230 g/mol. The molecule has 86 valence electrons. The number of amides is 1. The van der Waals surface area contributed by atoms with E-state index in [1.54, 1.807) is 12.1 Å². The first-order chi connectivity index (χ1) is 7.66. The zero-order chi connectivity index (χ0) is 11.5. The van der Waals surface area contributed by atoms with E-state index in [4.69, 9.17) is 9.52 Å². The van der Waals surface area contributed by atoms with E-state index >= 15 is 0 Å². The molecule has 1 fully saturated rings. The predicted molar refractivity (Wildman–Crippen MR) is 58.5 cm³/mol. The van der Waals surface area contributed by atoms with Crippen LogP contribution in [0.3, 0.4) is 0 Å². The minimum Gasteiger partial charge on any atom is -0.480 e. The molecule has 5 nitrogen and oxygen atoms in total. The third-order valence-electron chi connectivity index (χ3n) is 2.35. The first kappa shape index (κ1) is 11.1. The van der Waals surface area contributed by atoms with Gasteiger partial charge in [0.25, 0.3) is 5.91 Å². The second kappa shape index (κ2) is 4.61. The van der Waals surface area contributed by atoms with Crippen molar-refractivity contribution < 1.29 is 19.1 Å². The van der Waals surface area contributed by atoms with Crippen LogP contribution < -0.4 is 5.32 Å². The minimum absolute atomic E-state index is 0.0938. The zero-order valence-corrected chi connectivity index (χ0v) is 9.20. The number of hydrogen-bond acceptors (Lipinski definition) is 4. The second-order valence-corrected chi connectivity index (χ2v) is 4.78. The van der Waals surface area contributed by atoms with Crippen LogP contribution >= 0.6 is 11.8 Å². The number of carboxylic acids is 1. The molecule has 0 aromatic carbocycles. The van der Waals surface area contributed by atoms with E-state index in [9.17, 15) is 9.59 Å². The number of carboxylic acid groups (broad SMARTS) is 1. The number of thioether (sulfide) groups is 1. The number of carbonyl (C=O) groups excluding carboxylic acids is 1. The molecule has 1 aliphatic heterocycles. The fourth-order valence-electron chi connectivity index (χ4n) is 1.56. The lowest BCUT2D eigenvalue weighted by molar-refractivity contribution is -0.136. The molecule has 1 aromatic heterocycles. The van der Waals surface area contributed by atoms with Crippen molar-refractivity contribution in [3.8, 4) is 0 Å². The average molecular weight is 241 g/mol. The number of carbonyl (C=O) groups is 2. The first-order valence-electron chi connectivity index (χ1n) is 4.85. The fourth-order valence-corrected chi connectivity index (χ4v) is 2.76. The Labute approximate surface area is 96.2 Å². The quantitative estimate of drug-likeness (QED) is 0.824. The lowest BCUT2D eigenvalue weighted by atomic mass is 10.2. The Morgan fingerprint density at radius 3 is 2.94 bits per heavy atom. The van der Waals surface area contributed by atoms with E-state index in [1.165, 1.54) is 18.0 Å². The Hall–Kier alpha value is -1.43. The lowest BCUT2D eigenvalue weighted by Crippen LogP contribution is -2.35. The summed E-state index contributed by atoms with van der Waals surface area (Å²) in [5.74, 6) is -0.228. The molecule has 0 bridgehead atoms. The molecule has 2 heterocycles. The molecule has 0 saturated carbocycles. The van der Waals surface area contributed by atoms with E-state index in [1.807, 2.05) is 0 Å². The highest BCUT2D eigenvalue weighted by molar-refractivity contribution is 8.00. The summed E-state index contributed by atoms with van der Waals surface area (Å²) in [7, 11) is 0. The van der Waals surface area contributed by atoms with Gasteiger partial charge in [-0.25, -0.2) is 0 Å². The largest absolute Gasteiger partial charge is 0.480 e. The Kier molecular flexibility index (Phi) is 3.19. The maximum absolute atomic E-state index is 11.6. The third kappa shape index (κ3) is 2.38. The SMILES string of the molecule is O=C(N[C@@H]1CS[C@H](C(=O)O)C1)c1ccco1. The Morgan fingerprint density at radius 1 is 1.56 bits per heavy atom. The van der Waals surface area contributed by atoms with E-state index in [-0.39, 0.29) is 17.7 Å². The van der Waals surface area contributed by atoms with Crippen molar-refractivity contribution in [3.63, 3.8) is 0 Å². The predicted octanol–water partition coefficient (Wildman–Crippen LogP) is 0.968. The van der Waals surface area contributed by atoms with Gasteiger partial charge in [0.2, 0.25) is 0 Å². The highest BCUT2D eigenvalue weighted by Gasteiger charge is 2.31. The Balaban J connectivity index is 1.88. The van der Waals surface area contributed by atoms with Gasteiger partial charge in [0.05, 0.1) is 6.26 Å². The Morgan fingerprint density at radius 2 is 2.38 bits per heavy atom. The topological polar surface area (TPSA) is 79.5 Å². The van der Waals surface area contributed by atoms with Crippen LogP contribution in [0.4, 0.5) is 0 Å². The molecule has 1 aromatic rings. The summed E-state index contributed by atoms with van der Waals surface area (Å²) in [6.07, 6.45) is 1.89. The average Bonchev–Trinajstić information content (AvgIpc) is 2.87. The standard InChI is InChI=1S/C10H11NO4S/c12-9(7-2-1-3-15-7)11-6-4-8(10(13)14)16-5-6/h1-3,6,8H,4-5H2,(H,11,12)(H,13,14)/t6-,8-/m0/s1. The van der Waals surface area contributed by atoms with E-state index in [2.05, 4.69) is 5.32 Å². The second-order valence-electron chi connectivity index (χ2n) is 3.54. The van der Waals surface area contributed by atoms with Crippen molar-refractivity contribution in [2.24, 2.45) is 0 Å². The van der Waals surface area contributed by atoms with Crippen molar-refractivity contribution in [1.82, 2.24) is 5.32 Å². The molecule has 16 heavy (non-hydrogen) atoms. The zero-order valence-electron chi connectivity index (χ0n) is 8.38. The summed E-state index contributed by atoms with van der Waals surface area (Å²) in [6.45, 7) is 0. The van der Waals surface area contributed by atoms with Gasteiger partial charge >= 0.3 is 5.97 Å². The van der Waals surface area contributed by atoms with Crippen molar-refractivity contribution >= 4 is 23.6 Å². The van der Waals surface area contributed by atoms with Crippen LogP contribution in [0.2, 0.25) is 0 Å². The van der Waals surface area contributed by atoms with Crippen LogP contribution in [0.15, 0.2) is 22.8 Å². The smallest absolute Gasteiger partial charge is 0.316 e. The maximum Gasteiger partial charge on any atom is 0.316 e. The first-order valence-corrected chi connectivity index (χ1v) is 5.90. The highest BCUT2D eigenvalue weighted by atomic mass is 32.2. The van der Waals surface area contributed by atoms with Gasteiger partial charge < -0.3 is 14.8 Å². The van der Waals surface area contributed by atoms with Gasteiger partial charge in [0, 0.05) is 11.8 Å². The van der Waals surface area contributed by atoms with Gasteiger partial charge in [-0.05, 0) is 18.6 Å². The van der Waals surface area contributed by atoms with Crippen LogP contribution in [0.25, 0.3) is 0 Å². The van der Waals surface area contributed by atoms with Gasteiger partial charge in [-0.1, -0.05) is 0 Å². The Bertz CT molecular complexity index is 390. The number of aliphatic carboxylic acids is 1. The van der Waals surface area contributed by atoms with Gasteiger partial charge in [-0.3, -0.25) is 9.59 Å². The van der Waals surface area contributed by atoms with E-state index in [0.717, 1.165) is 0 Å². The van der Waals surface area contributed by atoms with Gasteiger partial charge in [-0.15, -0.1) is 11.8 Å². The number of rotatable bonds is 3. The van der Waals surface area contributed by atoms with Crippen molar-refractivity contribution in [2.75, 3.05) is 5.75 Å². The molecule has 0 radical (unpaired) electrons. The highest BCUT2D eigenvalue weighted by Crippen LogP contribution is 2.27. The van der Waals surface area contributed by atoms with Crippen LogP contribution in [0, 0.1) is 0 Å². The molecular formula is C10H11NO4S. The molecule has 0 aliphatic carbocycles. The van der Waals surface area contributed by atoms with Crippen LogP contribution in [-0.4, -0.2) is 34.0 Å². The van der Waals surface area contributed by atoms with E-state index < -0.39 is 11.2 Å². The van der Waals surface area contributed by atoms with Crippen molar-refractivity contribution in [3.05, 3.63) is 24.2 Å². The van der Waals surface area contributed by atoms with Crippen molar-refractivity contribution in [1.29, 1.82) is 0 Å². The van der Waals surface area contributed by atoms with Gasteiger partial charge in [0.1, 0.15) is 5.25 Å². The van der Waals surface area contributed by atoms with Gasteiger partial charge in [0.15, 0.2) is 5.76 Å². The monoisotopic (exact) mass is 241 g/mol. The summed E-state index contributed by atoms with van der Waals surface area (Å²) in [4.78, 5) is 22.3. The molecule has 2 N–H and O–H groups in total. The molecule has 2 rings (SSSR count).